The maximum Gasteiger partial charge on any atom is 0.236 e. The van der Waals surface area contributed by atoms with Gasteiger partial charge in [0.1, 0.15) is 0 Å². The van der Waals surface area contributed by atoms with Crippen LogP contribution in [0.1, 0.15) is 12.5 Å². The van der Waals surface area contributed by atoms with Gasteiger partial charge in [-0.15, -0.1) is 21.5 Å². The quantitative estimate of drug-likeness (QED) is 0.263. The number of carbonyl (C=O) groups is 1. The normalized spacial score (nSPS) is 11.2. The Morgan fingerprint density at radius 2 is 2.03 bits per heavy atom. The lowest BCUT2D eigenvalue weighted by molar-refractivity contribution is -0.113. The average molecular weight is 506 g/mol. The van der Waals surface area contributed by atoms with E-state index in [0.717, 1.165) is 16.6 Å². The second-order valence-corrected chi connectivity index (χ2v) is 9.58. The number of methoxy groups -OCH3 is 1. The molecular weight excluding hydrogens is 482 g/mol. The summed E-state index contributed by atoms with van der Waals surface area (Å²) in [7, 11) is 1.61. The molecule has 0 bridgehead atoms. The van der Waals surface area contributed by atoms with Crippen molar-refractivity contribution in [2.24, 2.45) is 0 Å². The van der Waals surface area contributed by atoms with Crippen molar-refractivity contribution in [2.75, 3.05) is 18.2 Å². The zero-order chi connectivity index (χ0) is 24.4. The first kappa shape index (κ1) is 23.1. The highest BCUT2D eigenvalue weighted by Gasteiger charge is 2.19. The molecule has 1 amide bonds. The van der Waals surface area contributed by atoms with E-state index in [4.69, 9.17) is 9.15 Å². The summed E-state index contributed by atoms with van der Waals surface area (Å²) < 4.78 is 13.4. The average Bonchev–Trinajstić information content (AvgIpc) is 3.60. The van der Waals surface area contributed by atoms with E-state index in [2.05, 4.69) is 20.5 Å². The number of benzene rings is 2. The molecule has 178 valence electrons. The van der Waals surface area contributed by atoms with Crippen molar-refractivity contribution in [2.45, 2.75) is 25.5 Å². The van der Waals surface area contributed by atoms with E-state index in [0.29, 0.717) is 39.7 Å². The van der Waals surface area contributed by atoms with Crippen LogP contribution < -0.4 is 10.1 Å². The summed E-state index contributed by atoms with van der Waals surface area (Å²) in [4.78, 5) is 17.1. The number of nitrogens with zero attached hydrogens (tertiary/aromatic N) is 4. The van der Waals surface area contributed by atoms with Gasteiger partial charge in [-0.1, -0.05) is 53.7 Å². The predicted octanol–water partition coefficient (Wildman–Crippen LogP) is 5.88. The maximum atomic E-state index is 12.6. The lowest BCUT2D eigenvalue weighted by Gasteiger charge is -2.05. The number of thiazole rings is 1. The Morgan fingerprint density at radius 1 is 1.20 bits per heavy atom. The van der Waals surface area contributed by atoms with Crippen LogP contribution in [0.5, 0.6) is 5.75 Å². The van der Waals surface area contributed by atoms with E-state index in [1.807, 2.05) is 72.3 Å². The summed E-state index contributed by atoms with van der Waals surface area (Å²) in [5, 5.41) is 15.6. The van der Waals surface area contributed by atoms with Gasteiger partial charge in [0.15, 0.2) is 27.4 Å². The number of hydrogen-bond acceptors (Lipinski definition) is 8. The van der Waals surface area contributed by atoms with Crippen LogP contribution >= 0.6 is 23.1 Å². The van der Waals surface area contributed by atoms with Crippen LogP contribution in [0, 0.1) is 6.92 Å². The Kier molecular flexibility index (Phi) is 6.56. The van der Waals surface area contributed by atoms with E-state index in [9.17, 15) is 4.79 Å². The van der Waals surface area contributed by atoms with Crippen molar-refractivity contribution < 1.29 is 13.9 Å². The molecule has 2 aromatic carbocycles. The highest BCUT2D eigenvalue weighted by Crippen LogP contribution is 2.34. The molecule has 3 heterocycles. The lowest BCUT2D eigenvalue weighted by Crippen LogP contribution is -2.14. The zero-order valence-electron chi connectivity index (χ0n) is 19.4. The topological polar surface area (TPSA) is 95.1 Å². The van der Waals surface area contributed by atoms with Gasteiger partial charge in [-0.25, -0.2) is 4.98 Å². The molecule has 0 radical (unpaired) electrons. The molecule has 35 heavy (non-hydrogen) atoms. The summed E-state index contributed by atoms with van der Waals surface area (Å²) in [6.45, 7) is 4.68. The van der Waals surface area contributed by atoms with E-state index < -0.39 is 0 Å². The minimum absolute atomic E-state index is 0.152. The van der Waals surface area contributed by atoms with Crippen LogP contribution in [0.3, 0.4) is 0 Å². The molecule has 10 heteroatoms. The van der Waals surface area contributed by atoms with Crippen LogP contribution in [0.2, 0.25) is 0 Å². The number of ether oxygens (including phenoxy) is 1. The highest BCUT2D eigenvalue weighted by molar-refractivity contribution is 7.99. The monoisotopic (exact) mass is 505 g/mol. The molecule has 1 N–H and O–H groups in total. The van der Waals surface area contributed by atoms with Crippen molar-refractivity contribution in [3.05, 3.63) is 59.5 Å². The summed E-state index contributed by atoms with van der Waals surface area (Å²) >= 11 is 2.73. The Labute approximate surface area is 210 Å². The Hall–Kier alpha value is -3.63. The van der Waals surface area contributed by atoms with Crippen LogP contribution in [-0.4, -0.2) is 38.5 Å². The van der Waals surface area contributed by atoms with Crippen LogP contribution in [0.15, 0.2) is 63.5 Å². The first-order valence-electron chi connectivity index (χ1n) is 11.0. The number of aryl methyl sites for hydroxylation is 1. The van der Waals surface area contributed by atoms with Crippen molar-refractivity contribution in [1.29, 1.82) is 0 Å². The van der Waals surface area contributed by atoms with Gasteiger partial charge in [-0.3, -0.25) is 9.36 Å². The maximum absolute atomic E-state index is 12.6. The summed E-state index contributed by atoms with van der Waals surface area (Å²) in [6.07, 6.45) is 0. The molecular formula is C25H23N5O3S2. The highest BCUT2D eigenvalue weighted by atomic mass is 32.2. The Balaban J connectivity index is 1.27. The van der Waals surface area contributed by atoms with Crippen molar-refractivity contribution in [1.82, 2.24) is 19.7 Å². The minimum Gasteiger partial charge on any atom is -0.493 e. The smallest absolute Gasteiger partial charge is 0.236 e. The third kappa shape index (κ3) is 4.80. The van der Waals surface area contributed by atoms with Gasteiger partial charge < -0.3 is 14.5 Å². The van der Waals surface area contributed by atoms with E-state index in [1.165, 1.54) is 28.7 Å². The van der Waals surface area contributed by atoms with Crippen LogP contribution in [-0.2, 0) is 11.3 Å². The van der Waals surface area contributed by atoms with Crippen LogP contribution in [0.4, 0.5) is 5.13 Å². The van der Waals surface area contributed by atoms with Crippen molar-refractivity contribution in [3.63, 3.8) is 0 Å². The molecule has 0 aliphatic heterocycles. The van der Waals surface area contributed by atoms with Crippen molar-refractivity contribution >= 4 is 45.1 Å². The van der Waals surface area contributed by atoms with Gasteiger partial charge in [-0.05, 0) is 26.0 Å². The van der Waals surface area contributed by atoms with Gasteiger partial charge >= 0.3 is 0 Å². The second-order valence-electron chi connectivity index (χ2n) is 7.78. The minimum atomic E-state index is -0.152. The van der Waals surface area contributed by atoms with Crippen molar-refractivity contribution in [3.8, 4) is 28.6 Å². The number of fused-ring (bicyclic) bond motifs is 1. The summed E-state index contributed by atoms with van der Waals surface area (Å²) in [6, 6.07) is 15.8. The first-order chi connectivity index (χ1) is 17.1. The standard InChI is InChI=1S/C25H23N5O3S2/c1-4-30-23(20-12-17-6-5-7-19(32-3)22(17)33-20)28-29-25(30)35-14-21(31)27-24-26-18(13-34-24)16-10-8-15(2)9-11-16/h5-13H,4,14H2,1-3H3,(H,26,27,31). The van der Waals surface area contributed by atoms with Gasteiger partial charge in [0.05, 0.1) is 18.6 Å². The molecule has 0 unspecified atom stereocenters. The molecule has 0 aliphatic carbocycles. The van der Waals surface area contributed by atoms with Gasteiger partial charge in [0.25, 0.3) is 0 Å². The number of nitrogens with one attached hydrogen (secondary N) is 1. The largest absolute Gasteiger partial charge is 0.493 e. The Bertz CT molecular complexity index is 1490. The third-order valence-corrected chi connectivity index (χ3v) is 7.14. The Morgan fingerprint density at radius 3 is 2.80 bits per heavy atom. The number of carbonyl (C=O) groups excluding carboxylic acids is 1. The zero-order valence-corrected chi connectivity index (χ0v) is 21.1. The number of furan rings is 1. The number of hydrogen-bond donors (Lipinski definition) is 1. The van der Waals surface area contributed by atoms with Crippen LogP contribution in [0.25, 0.3) is 33.8 Å². The second kappa shape index (κ2) is 9.93. The van der Waals surface area contributed by atoms with Gasteiger partial charge in [0, 0.05) is 22.9 Å². The number of amides is 1. The fourth-order valence-corrected chi connectivity index (χ4v) is 5.18. The third-order valence-electron chi connectivity index (χ3n) is 5.41. The fourth-order valence-electron chi connectivity index (χ4n) is 3.64. The van der Waals surface area contributed by atoms with E-state index in [1.54, 1.807) is 7.11 Å². The first-order valence-corrected chi connectivity index (χ1v) is 12.9. The van der Waals surface area contributed by atoms with Gasteiger partial charge in [0.2, 0.25) is 11.7 Å². The molecule has 3 aromatic heterocycles. The molecule has 8 nitrogen and oxygen atoms in total. The lowest BCUT2D eigenvalue weighted by atomic mass is 10.1. The summed E-state index contributed by atoms with van der Waals surface area (Å²) in [5.41, 5.74) is 3.72. The SMILES string of the molecule is CCn1c(SCC(=O)Nc2nc(-c3ccc(C)cc3)cs2)nnc1-c1cc2cccc(OC)c2o1. The molecule has 5 aromatic rings. The molecule has 0 saturated heterocycles. The number of thioether (sulfide) groups is 1. The molecule has 0 aliphatic rings. The number of rotatable bonds is 8. The predicted molar refractivity (Wildman–Crippen MR) is 139 cm³/mol. The number of anilines is 1. The number of para-hydroxylation sites is 1. The number of aromatic nitrogens is 4. The molecule has 0 spiro atoms. The molecule has 0 fully saturated rings. The van der Waals surface area contributed by atoms with E-state index in [-0.39, 0.29) is 11.7 Å². The molecule has 5 rings (SSSR count). The molecule has 0 saturated carbocycles. The summed E-state index contributed by atoms with van der Waals surface area (Å²) in [5.74, 6) is 1.90. The van der Waals surface area contributed by atoms with E-state index >= 15 is 0 Å². The molecule has 0 atom stereocenters. The fraction of sp³-hybridized carbons (Fsp3) is 0.200. The van der Waals surface area contributed by atoms with Gasteiger partial charge in [-0.2, -0.15) is 0 Å².